The lowest BCUT2D eigenvalue weighted by molar-refractivity contribution is -0.385. The number of hydrogen-bond donors (Lipinski definition) is 1. The number of nitrogens with one attached hydrogen (secondary N) is 1. The predicted octanol–water partition coefficient (Wildman–Crippen LogP) is 1.72. The van der Waals surface area contributed by atoms with Gasteiger partial charge in [0.1, 0.15) is 18.4 Å². The van der Waals surface area contributed by atoms with E-state index >= 15 is 0 Å². The fraction of sp³-hybridized carbons (Fsp3) is 0.462. The molecule has 0 saturated carbocycles. The van der Waals surface area contributed by atoms with Crippen LogP contribution in [-0.2, 0) is 11.3 Å². The van der Waals surface area contributed by atoms with Gasteiger partial charge in [-0.2, -0.15) is 10.2 Å². The number of rotatable bonds is 7. The summed E-state index contributed by atoms with van der Waals surface area (Å²) >= 11 is 5.92. The summed E-state index contributed by atoms with van der Waals surface area (Å²) < 4.78 is 2.99. The number of hydrogen-bond acceptors (Lipinski definition) is 5. The number of aromatic nitrogens is 4. The molecule has 0 spiro atoms. The molecular weight excluding hydrogens is 324 g/mol. The van der Waals surface area contributed by atoms with E-state index in [4.69, 9.17) is 11.6 Å². The lowest BCUT2D eigenvalue weighted by Crippen LogP contribution is -2.32. The highest BCUT2D eigenvalue weighted by Gasteiger charge is 2.18. The van der Waals surface area contributed by atoms with Gasteiger partial charge in [0.15, 0.2) is 0 Å². The van der Waals surface area contributed by atoms with Gasteiger partial charge >= 0.3 is 5.69 Å². The Morgan fingerprint density at radius 3 is 2.83 bits per heavy atom. The molecule has 1 amide bonds. The molecule has 0 radical (unpaired) electrons. The Morgan fingerprint density at radius 2 is 2.26 bits per heavy atom. The van der Waals surface area contributed by atoms with Gasteiger partial charge in [-0.25, -0.2) is 0 Å². The van der Waals surface area contributed by atoms with E-state index < -0.39 is 11.0 Å². The van der Waals surface area contributed by atoms with E-state index in [9.17, 15) is 14.9 Å². The van der Waals surface area contributed by atoms with Crippen LogP contribution in [0.4, 0.5) is 5.69 Å². The van der Waals surface area contributed by atoms with Crippen LogP contribution in [0.5, 0.6) is 0 Å². The minimum atomic E-state index is -0.620. The number of aryl methyl sites for hydroxylation is 2. The van der Waals surface area contributed by atoms with Crippen LogP contribution in [0, 0.1) is 17.0 Å². The Morgan fingerprint density at radius 1 is 1.52 bits per heavy atom. The summed E-state index contributed by atoms with van der Waals surface area (Å²) in [7, 11) is 0. The highest BCUT2D eigenvalue weighted by Crippen LogP contribution is 2.13. The molecule has 23 heavy (non-hydrogen) atoms. The Kier molecular flexibility index (Phi) is 5.32. The lowest BCUT2D eigenvalue weighted by atomic mass is 10.3. The molecule has 0 saturated heterocycles. The number of halogens is 1. The number of carbonyl (C=O) groups is 1. The first-order valence-corrected chi connectivity index (χ1v) is 7.42. The second kappa shape index (κ2) is 7.23. The SMILES string of the molecule is Cc1nn(CCCNC(=O)C(C)n2cc([N+](=O)[O-])cn2)cc1Cl. The normalized spacial score (nSPS) is 12.1. The predicted molar refractivity (Wildman–Crippen MR) is 83.2 cm³/mol. The van der Waals surface area contributed by atoms with E-state index in [1.54, 1.807) is 17.8 Å². The van der Waals surface area contributed by atoms with Gasteiger partial charge in [0.25, 0.3) is 0 Å². The number of nitrogens with zero attached hydrogens (tertiary/aromatic N) is 5. The smallest absolute Gasteiger partial charge is 0.307 e. The van der Waals surface area contributed by atoms with Crippen LogP contribution in [-0.4, -0.2) is 36.9 Å². The van der Waals surface area contributed by atoms with E-state index in [0.717, 1.165) is 11.9 Å². The molecule has 10 heteroatoms. The highest BCUT2D eigenvalue weighted by atomic mass is 35.5. The van der Waals surface area contributed by atoms with E-state index in [0.29, 0.717) is 24.5 Å². The fourth-order valence-electron chi connectivity index (χ4n) is 1.96. The van der Waals surface area contributed by atoms with Gasteiger partial charge in [0, 0.05) is 19.3 Å². The van der Waals surface area contributed by atoms with Crippen LogP contribution in [0.1, 0.15) is 25.1 Å². The third-order valence-corrected chi connectivity index (χ3v) is 3.70. The molecule has 2 aromatic rings. The molecule has 2 heterocycles. The van der Waals surface area contributed by atoms with Gasteiger partial charge in [-0.3, -0.25) is 24.3 Å². The van der Waals surface area contributed by atoms with Crippen LogP contribution < -0.4 is 5.32 Å². The first-order valence-electron chi connectivity index (χ1n) is 7.04. The van der Waals surface area contributed by atoms with Crippen LogP contribution in [0.2, 0.25) is 5.02 Å². The maximum absolute atomic E-state index is 12.0. The zero-order chi connectivity index (χ0) is 17.0. The van der Waals surface area contributed by atoms with Crippen LogP contribution in [0.25, 0.3) is 0 Å². The van der Waals surface area contributed by atoms with Crippen molar-refractivity contribution in [2.24, 2.45) is 0 Å². The van der Waals surface area contributed by atoms with E-state index in [-0.39, 0.29) is 11.6 Å². The van der Waals surface area contributed by atoms with Crippen LogP contribution >= 0.6 is 11.6 Å². The quantitative estimate of drug-likeness (QED) is 0.469. The molecule has 9 nitrogen and oxygen atoms in total. The third-order valence-electron chi connectivity index (χ3n) is 3.32. The first-order chi connectivity index (χ1) is 10.9. The maximum atomic E-state index is 12.0. The largest absolute Gasteiger partial charge is 0.354 e. The molecule has 1 unspecified atom stereocenters. The molecule has 0 fully saturated rings. The number of amides is 1. The van der Waals surface area contributed by atoms with Gasteiger partial charge in [-0.05, 0) is 20.3 Å². The van der Waals surface area contributed by atoms with Crippen molar-refractivity contribution < 1.29 is 9.72 Å². The monoisotopic (exact) mass is 340 g/mol. The summed E-state index contributed by atoms with van der Waals surface area (Å²) in [6.07, 6.45) is 4.78. The molecule has 2 rings (SSSR count). The van der Waals surface area contributed by atoms with Crippen molar-refractivity contribution in [1.82, 2.24) is 24.9 Å². The summed E-state index contributed by atoms with van der Waals surface area (Å²) in [5.74, 6) is -0.252. The molecule has 0 aromatic carbocycles. The Labute approximate surface area is 137 Å². The van der Waals surface area contributed by atoms with Crippen molar-refractivity contribution in [3.8, 4) is 0 Å². The van der Waals surface area contributed by atoms with Crippen LogP contribution in [0.3, 0.4) is 0 Å². The van der Waals surface area contributed by atoms with E-state index in [1.807, 2.05) is 6.92 Å². The Balaban J connectivity index is 1.78. The molecule has 2 aromatic heterocycles. The summed E-state index contributed by atoms with van der Waals surface area (Å²) in [4.78, 5) is 22.1. The third kappa shape index (κ3) is 4.28. The molecule has 0 aliphatic heterocycles. The molecule has 1 N–H and O–H groups in total. The van der Waals surface area contributed by atoms with Gasteiger partial charge in [-0.15, -0.1) is 0 Å². The highest BCUT2D eigenvalue weighted by molar-refractivity contribution is 6.31. The molecule has 1 atom stereocenters. The number of nitro groups is 1. The van der Waals surface area contributed by atoms with Gasteiger partial charge in [-0.1, -0.05) is 11.6 Å². The first kappa shape index (κ1) is 16.9. The molecule has 0 aliphatic rings. The minimum Gasteiger partial charge on any atom is -0.354 e. The van der Waals surface area contributed by atoms with Crippen molar-refractivity contribution in [2.45, 2.75) is 32.9 Å². The maximum Gasteiger partial charge on any atom is 0.307 e. The second-order valence-electron chi connectivity index (χ2n) is 5.08. The van der Waals surface area contributed by atoms with Crippen molar-refractivity contribution >= 4 is 23.2 Å². The zero-order valence-corrected chi connectivity index (χ0v) is 13.5. The van der Waals surface area contributed by atoms with Gasteiger partial charge < -0.3 is 5.32 Å². The van der Waals surface area contributed by atoms with E-state index in [1.165, 1.54) is 10.9 Å². The van der Waals surface area contributed by atoms with Gasteiger partial charge in [0.2, 0.25) is 5.91 Å². The second-order valence-corrected chi connectivity index (χ2v) is 5.49. The summed E-state index contributed by atoms with van der Waals surface area (Å²) in [6, 6.07) is -0.620. The molecule has 124 valence electrons. The summed E-state index contributed by atoms with van der Waals surface area (Å²) in [6.45, 7) is 4.55. The average Bonchev–Trinajstić information content (AvgIpc) is 3.10. The molecular formula is C13H17ClN6O3. The fourth-order valence-corrected chi connectivity index (χ4v) is 2.11. The van der Waals surface area contributed by atoms with Crippen molar-refractivity contribution in [1.29, 1.82) is 0 Å². The Hall–Kier alpha value is -2.42. The lowest BCUT2D eigenvalue weighted by Gasteiger charge is -2.12. The zero-order valence-electron chi connectivity index (χ0n) is 12.8. The van der Waals surface area contributed by atoms with Crippen molar-refractivity contribution in [3.05, 3.63) is 39.4 Å². The standard InChI is InChI=1S/C13H17ClN6O3/c1-9-12(14)8-18(17-9)5-3-4-15-13(21)10(2)19-7-11(6-16-19)20(22)23/h6-8,10H,3-5H2,1-2H3,(H,15,21). The summed E-state index contributed by atoms with van der Waals surface area (Å²) in [5.41, 5.74) is 0.625. The minimum absolute atomic E-state index is 0.143. The topological polar surface area (TPSA) is 108 Å². The molecule has 0 bridgehead atoms. The van der Waals surface area contributed by atoms with Crippen molar-refractivity contribution in [2.75, 3.05) is 6.54 Å². The van der Waals surface area contributed by atoms with Crippen molar-refractivity contribution in [3.63, 3.8) is 0 Å². The number of carbonyl (C=O) groups excluding carboxylic acids is 1. The van der Waals surface area contributed by atoms with Gasteiger partial charge in [0.05, 0.1) is 15.6 Å². The van der Waals surface area contributed by atoms with E-state index in [2.05, 4.69) is 15.5 Å². The average molecular weight is 341 g/mol. The molecule has 0 aliphatic carbocycles. The Bertz CT molecular complexity index is 691. The summed E-state index contributed by atoms with van der Waals surface area (Å²) in [5, 5.41) is 22.0. The van der Waals surface area contributed by atoms with Crippen LogP contribution in [0.15, 0.2) is 18.6 Å².